The SMILES string of the molecule is CN1[C@@H]2CSC[C@H]1CC(O)C2. The molecule has 0 amide bonds. The molecule has 0 aliphatic carbocycles. The zero-order valence-corrected chi connectivity index (χ0v) is 7.68. The van der Waals surface area contributed by atoms with Gasteiger partial charge in [0.05, 0.1) is 6.10 Å². The van der Waals surface area contributed by atoms with Gasteiger partial charge in [-0.05, 0) is 19.9 Å². The summed E-state index contributed by atoms with van der Waals surface area (Å²) in [6, 6.07) is 1.28. The van der Waals surface area contributed by atoms with Crippen molar-refractivity contribution in [1.29, 1.82) is 0 Å². The van der Waals surface area contributed by atoms with Gasteiger partial charge < -0.3 is 5.11 Å². The minimum atomic E-state index is -0.0258. The number of nitrogens with zero attached hydrogens (tertiary/aromatic N) is 1. The molecule has 1 N–H and O–H groups in total. The summed E-state index contributed by atoms with van der Waals surface area (Å²) in [5, 5.41) is 9.50. The molecular formula is C8H15NOS. The Morgan fingerprint density at radius 1 is 1.27 bits per heavy atom. The highest BCUT2D eigenvalue weighted by atomic mass is 32.2. The minimum absolute atomic E-state index is 0.0258. The molecule has 64 valence electrons. The van der Waals surface area contributed by atoms with Crippen LogP contribution < -0.4 is 0 Å². The Morgan fingerprint density at radius 3 is 2.36 bits per heavy atom. The summed E-state index contributed by atoms with van der Waals surface area (Å²) in [7, 11) is 2.20. The van der Waals surface area contributed by atoms with Crippen LogP contribution in [0.5, 0.6) is 0 Å². The quantitative estimate of drug-likeness (QED) is 0.579. The number of piperidine rings is 1. The summed E-state index contributed by atoms with van der Waals surface area (Å²) in [5.41, 5.74) is 0. The number of rotatable bonds is 0. The van der Waals surface area contributed by atoms with Crippen molar-refractivity contribution in [2.45, 2.75) is 31.0 Å². The van der Waals surface area contributed by atoms with Gasteiger partial charge in [-0.3, -0.25) is 4.90 Å². The van der Waals surface area contributed by atoms with Gasteiger partial charge in [-0.15, -0.1) is 0 Å². The van der Waals surface area contributed by atoms with Gasteiger partial charge in [-0.25, -0.2) is 0 Å². The van der Waals surface area contributed by atoms with E-state index in [2.05, 4.69) is 11.9 Å². The maximum atomic E-state index is 9.50. The van der Waals surface area contributed by atoms with Crippen LogP contribution in [0.15, 0.2) is 0 Å². The van der Waals surface area contributed by atoms with Gasteiger partial charge in [0.15, 0.2) is 0 Å². The van der Waals surface area contributed by atoms with E-state index in [9.17, 15) is 5.11 Å². The fourth-order valence-electron chi connectivity index (χ4n) is 2.07. The van der Waals surface area contributed by atoms with E-state index in [0.717, 1.165) is 12.8 Å². The second-order valence-corrected chi connectivity index (χ2v) is 4.71. The number of aliphatic hydroxyl groups is 1. The molecule has 2 rings (SSSR count). The Balaban J connectivity index is 2.07. The Kier molecular flexibility index (Phi) is 2.12. The first-order valence-electron chi connectivity index (χ1n) is 4.25. The average Bonchev–Trinajstić information content (AvgIpc) is 1.92. The second kappa shape index (κ2) is 2.96. The third-order valence-corrected chi connectivity index (χ3v) is 4.10. The van der Waals surface area contributed by atoms with E-state index in [1.807, 2.05) is 11.8 Å². The molecule has 3 atom stereocenters. The molecule has 2 nitrogen and oxygen atoms in total. The fourth-order valence-corrected chi connectivity index (χ4v) is 3.49. The molecule has 2 saturated heterocycles. The predicted molar refractivity (Wildman–Crippen MR) is 47.9 cm³/mol. The number of fused-ring (bicyclic) bond motifs is 2. The lowest BCUT2D eigenvalue weighted by molar-refractivity contribution is 0.0286. The molecule has 2 heterocycles. The van der Waals surface area contributed by atoms with E-state index in [4.69, 9.17) is 0 Å². The third kappa shape index (κ3) is 1.42. The molecule has 2 fully saturated rings. The van der Waals surface area contributed by atoms with Gasteiger partial charge in [-0.1, -0.05) is 0 Å². The van der Waals surface area contributed by atoms with Gasteiger partial charge in [0, 0.05) is 23.6 Å². The van der Waals surface area contributed by atoms with Gasteiger partial charge >= 0.3 is 0 Å². The summed E-state index contributed by atoms with van der Waals surface area (Å²) < 4.78 is 0. The number of aliphatic hydroxyl groups excluding tert-OH is 1. The lowest BCUT2D eigenvalue weighted by Gasteiger charge is -2.45. The molecule has 0 spiro atoms. The Bertz CT molecular complexity index is 139. The standard InChI is InChI=1S/C8H15NOS/c1-9-6-2-8(10)3-7(9)5-11-4-6/h6-8,10H,2-5H2,1H3/t6-,7+,8?. The van der Waals surface area contributed by atoms with Crippen molar-refractivity contribution < 1.29 is 5.11 Å². The summed E-state index contributed by atoms with van der Waals surface area (Å²) in [6.07, 6.45) is 1.95. The highest BCUT2D eigenvalue weighted by Gasteiger charge is 2.35. The van der Waals surface area contributed by atoms with Gasteiger partial charge in [-0.2, -0.15) is 11.8 Å². The summed E-state index contributed by atoms with van der Waals surface area (Å²) in [6.45, 7) is 0. The van der Waals surface area contributed by atoms with E-state index >= 15 is 0 Å². The first-order valence-corrected chi connectivity index (χ1v) is 5.40. The predicted octanol–water partition coefficient (Wildman–Crippen LogP) is 0.557. The summed E-state index contributed by atoms with van der Waals surface area (Å²) in [4.78, 5) is 2.45. The van der Waals surface area contributed by atoms with Crippen molar-refractivity contribution in [3.63, 3.8) is 0 Å². The van der Waals surface area contributed by atoms with Gasteiger partial charge in [0.25, 0.3) is 0 Å². The van der Waals surface area contributed by atoms with Crippen LogP contribution in [0.25, 0.3) is 0 Å². The molecule has 3 heteroatoms. The fraction of sp³-hybridized carbons (Fsp3) is 1.00. The molecule has 0 radical (unpaired) electrons. The maximum absolute atomic E-state index is 9.50. The van der Waals surface area contributed by atoms with Crippen LogP contribution in [-0.4, -0.2) is 46.7 Å². The van der Waals surface area contributed by atoms with Crippen LogP contribution in [-0.2, 0) is 0 Å². The van der Waals surface area contributed by atoms with Crippen molar-refractivity contribution in [2.75, 3.05) is 18.6 Å². The normalized spacial score (nSPS) is 45.8. The maximum Gasteiger partial charge on any atom is 0.0570 e. The van der Waals surface area contributed by atoms with E-state index < -0.39 is 0 Å². The van der Waals surface area contributed by atoms with Crippen LogP contribution in [0.2, 0.25) is 0 Å². The average molecular weight is 173 g/mol. The van der Waals surface area contributed by atoms with Crippen molar-refractivity contribution in [2.24, 2.45) is 0 Å². The van der Waals surface area contributed by atoms with E-state index in [1.54, 1.807) is 0 Å². The smallest absolute Gasteiger partial charge is 0.0570 e. The molecule has 2 bridgehead atoms. The van der Waals surface area contributed by atoms with Crippen LogP contribution in [0, 0.1) is 0 Å². The highest BCUT2D eigenvalue weighted by Crippen LogP contribution is 2.31. The molecule has 0 aromatic heterocycles. The van der Waals surface area contributed by atoms with Crippen molar-refractivity contribution in [3.8, 4) is 0 Å². The minimum Gasteiger partial charge on any atom is -0.393 e. The molecule has 0 saturated carbocycles. The molecule has 0 aromatic rings. The largest absolute Gasteiger partial charge is 0.393 e. The Hall–Kier alpha value is 0.270. The molecule has 1 unspecified atom stereocenters. The first kappa shape index (κ1) is 7.90. The van der Waals surface area contributed by atoms with Gasteiger partial charge in [0.1, 0.15) is 0 Å². The zero-order valence-electron chi connectivity index (χ0n) is 6.86. The topological polar surface area (TPSA) is 23.5 Å². The van der Waals surface area contributed by atoms with Crippen molar-refractivity contribution >= 4 is 11.8 Å². The van der Waals surface area contributed by atoms with Crippen LogP contribution in [0.1, 0.15) is 12.8 Å². The summed E-state index contributed by atoms with van der Waals surface area (Å²) >= 11 is 2.04. The van der Waals surface area contributed by atoms with Crippen molar-refractivity contribution in [1.82, 2.24) is 4.90 Å². The van der Waals surface area contributed by atoms with Crippen LogP contribution in [0.3, 0.4) is 0 Å². The molecule has 0 aromatic carbocycles. The summed E-state index contributed by atoms with van der Waals surface area (Å²) in [5.74, 6) is 2.42. The number of hydrogen-bond donors (Lipinski definition) is 1. The van der Waals surface area contributed by atoms with Crippen LogP contribution >= 0.6 is 11.8 Å². The number of thioether (sulfide) groups is 1. The lowest BCUT2D eigenvalue weighted by atomic mass is 9.95. The molecule has 2 aliphatic rings. The molecule has 2 aliphatic heterocycles. The lowest BCUT2D eigenvalue weighted by Crippen LogP contribution is -2.53. The van der Waals surface area contributed by atoms with Gasteiger partial charge in [0.2, 0.25) is 0 Å². The van der Waals surface area contributed by atoms with E-state index in [1.165, 1.54) is 11.5 Å². The van der Waals surface area contributed by atoms with Crippen molar-refractivity contribution in [3.05, 3.63) is 0 Å². The third-order valence-electron chi connectivity index (χ3n) is 2.86. The zero-order chi connectivity index (χ0) is 7.84. The molecule has 11 heavy (non-hydrogen) atoms. The Morgan fingerprint density at radius 2 is 1.82 bits per heavy atom. The molecular weight excluding hydrogens is 158 g/mol. The second-order valence-electron chi connectivity index (χ2n) is 3.64. The Labute approximate surface area is 72.0 Å². The highest BCUT2D eigenvalue weighted by molar-refractivity contribution is 7.99. The first-order chi connectivity index (χ1) is 5.27. The number of hydrogen-bond acceptors (Lipinski definition) is 3. The monoisotopic (exact) mass is 173 g/mol. The van der Waals surface area contributed by atoms with E-state index in [0.29, 0.717) is 12.1 Å². The van der Waals surface area contributed by atoms with Crippen LogP contribution in [0.4, 0.5) is 0 Å². The van der Waals surface area contributed by atoms with E-state index in [-0.39, 0.29) is 6.10 Å².